The molecule has 0 radical (unpaired) electrons. The highest BCUT2D eigenvalue weighted by Gasteiger charge is 2.49. The van der Waals surface area contributed by atoms with Gasteiger partial charge in [0.25, 0.3) is 5.91 Å². The first kappa shape index (κ1) is 22.3. The number of amides is 1. The minimum Gasteiger partial charge on any atom is -0.387 e. The molecular weight excluding hydrogens is 412 g/mol. The normalized spacial score (nSPS) is 24.0. The lowest BCUT2D eigenvalue weighted by atomic mass is 9.96. The smallest absolute Gasteiger partial charge is 0.277 e. The number of aryl methyl sites for hydroxylation is 1. The van der Waals surface area contributed by atoms with Crippen LogP contribution in [0.1, 0.15) is 15.9 Å². The summed E-state index contributed by atoms with van der Waals surface area (Å²) in [4.78, 5) is 12.3. The van der Waals surface area contributed by atoms with Crippen LogP contribution < -0.4 is 4.72 Å². The molecule has 1 amide bonds. The monoisotopic (exact) mass is 436 g/mol. The minimum absolute atomic E-state index is 0.0610. The molecule has 2 aromatic rings. The Hall–Kier alpha value is -2.34. The van der Waals surface area contributed by atoms with Gasteiger partial charge in [-0.1, -0.05) is 35.9 Å². The highest BCUT2D eigenvalue weighted by molar-refractivity contribution is 7.89. The Balaban J connectivity index is 1.61. The molecule has 9 nitrogen and oxygen atoms in total. The van der Waals surface area contributed by atoms with E-state index in [1.54, 1.807) is 30.3 Å². The second-order valence-electron chi connectivity index (χ2n) is 7.29. The average Bonchev–Trinajstić information content (AvgIpc) is 3.00. The number of carbonyl (C=O) groups excluding carboxylic acids is 1. The van der Waals surface area contributed by atoms with Crippen molar-refractivity contribution in [2.24, 2.45) is 0 Å². The van der Waals surface area contributed by atoms with Crippen LogP contribution in [0.5, 0.6) is 0 Å². The van der Waals surface area contributed by atoms with E-state index in [9.17, 15) is 28.6 Å². The molecule has 10 heteroatoms. The number of sulfonamides is 1. The standard InChI is InChI=1S/C20H24N2O7S/c1-14-7-9-16(10-8-14)30(27,28)21-11-17-18(23)20(25,13-29-17)12-22(26)19(24)15-5-3-2-4-6-15/h2-10,17-18,21,23,25-26H,11-13H2,1H3/t17-,18-,20+/m1/s1. The van der Waals surface area contributed by atoms with Crippen molar-refractivity contribution in [2.45, 2.75) is 29.6 Å². The van der Waals surface area contributed by atoms with Gasteiger partial charge in [0.1, 0.15) is 17.8 Å². The van der Waals surface area contributed by atoms with E-state index in [-0.39, 0.29) is 23.6 Å². The summed E-state index contributed by atoms with van der Waals surface area (Å²) >= 11 is 0. The summed E-state index contributed by atoms with van der Waals surface area (Å²) in [5, 5.41) is 31.5. The maximum absolute atomic E-state index is 12.4. The van der Waals surface area contributed by atoms with Gasteiger partial charge in [0, 0.05) is 12.1 Å². The number of aliphatic hydroxyl groups excluding tert-OH is 1. The molecule has 0 bridgehead atoms. The Morgan fingerprint density at radius 1 is 1.20 bits per heavy atom. The number of ether oxygens (including phenoxy) is 1. The first-order chi connectivity index (χ1) is 14.1. The lowest BCUT2D eigenvalue weighted by Gasteiger charge is -2.29. The Morgan fingerprint density at radius 3 is 2.47 bits per heavy atom. The van der Waals surface area contributed by atoms with Gasteiger partial charge in [0.2, 0.25) is 10.0 Å². The van der Waals surface area contributed by atoms with E-state index in [2.05, 4.69) is 4.72 Å². The molecule has 4 N–H and O–H groups in total. The summed E-state index contributed by atoms with van der Waals surface area (Å²) in [6, 6.07) is 14.2. The van der Waals surface area contributed by atoms with Gasteiger partial charge in [-0.05, 0) is 31.2 Å². The summed E-state index contributed by atoms with van der Waals surface area (Å²) in [5.41, 5.74) is -0.842. The number of rotatable bonds is 7. The van der Waals surface area contributed by atoms with E-state index in [0.29, 0.717) is 5.06 Å². The summed E-state index contributed by atoms with van der Waals surface area (Å²) in [5.74, 6) is -0.750. The van der Waals surface area contributed by atoms with Crippen molar-refractivity contribution < 1.29 is 33.4 Å². The lowest BCUT2D eigenvalue weighted by Crippen LogP contribution is -2.54. The molecule has 30 heavy (non-hydrogen) atoms. The average molecular weight is 436 g/mol. The van der Waals surface area contributed by atoms with Crippen LogP contribution in [0.4, 0.5) is 0 Å². The maximum atomic E-state index is 12.4. The molecule has 2 aromatic carbocycles. The minimum atomic E-state index is -3.83. The number of hydrogen-bond donors (Lipinski definition) is 4. The fourth-order valence-corrected chi connectivity index (χ4v) is 4.18. The van der Waals surface area contributed by atoms with Crippen molar-refractivity contribution in [3.8, 4) is 0 Å². The molecule has 162 valence electrons. The molecule has 1 aliphatic heterocycles. The predicted octanol–water partition coefficient (Wildman–Crippen LogP) is 0.296. The molecule has 3 atom stereocenters. The maximum Gasteiger partial charge on any atom is 0.277 e. The number of hydroxylamine groups is 2. The van der Waals surface area contributed by atoms with E-state index in [4.69, 9.17) is 4.74 Å². The summed E-state index contributed by atoms with van der Waals surface area (Å²) in [6.45, 7) is 0.547. The Bertz CT molecular complexity index is 982. The van der Waals surface area contributed by atoms with Crippen molar-refractivity contribution in [1.29, 1.82) is 0 Å². The van der Waals surface area contributed by atoms with Crippen LogP contribution in [0.3, 0.4) is 0 Å². The van der Waals surface area contributed by atoms with Gasteiger partial charge < -0.3 is 14.9 Å². The molecule has 1 aliphatic rings. The quantitative estimate of drug-likeness (QED) is 0.362. The highest BCUT2D eigenvalue weighted by atomic mass is 32.2. The largest absolute Gasteiger partial charge is 0.387 e. The van der Waals surface area contributed by atoms with Crippen molar-refractivity contribution in [2.75, 3.05) is 19.7 Å². The number of nitrogens with zero attached hydrogens (tertiary/aromatic N) is 1. The van der Waals surface area contributed by atoms with Crippen LogP contribution in [-0.4, -0.2) is 72.3 Å². The zero-order valence-electron chi connectivity index (χ0n) is 16.3. The lowest BCUT2D eigenvalue weighted by molar-refractivity contribution is -0.133. The first-order valence-electron chi connectivity index (χ1n) is 9.26. The third kappa shape index (κ3) is 4.86. The predicted molar refractivity (Wildman–Crippen MR) is 106 cm³/mol. The summed E-state index contributed by atoms with van der Waals surface area (Å²) in [7, 11) is -3.83. The van der Waals surface area contributed by atoms with Gasteiger partial charge in [-0.25, -0.2) is 18.2 Å². The third-order valence-electron chi connectivity index (χ3n) is 4.93. The number of hydrogen-bond acceptors (Lipinski definition) is 7. The Morgan fingerprint density at radius 2 is 1.83 bits per heavy atom. The first-order valence-corrected chi connectivity index (χ1v) is 10.7. The van der Waals surface area contributed by atoms with E-state index in [1.807, 2.05) is 6.92 Å². The Kier molecular flexibility index (Phi) is 6.56. The zero-order valence-corrected chi connectivity index (χ0v) is 17.1. The van der Waals surface area contributed by atoms with Gasteiger partial charge in [-0.15, -0.1) is 0 Å². The zero-order chi connectivity index (χ0) is 21.9. The van der Waals surface area contributed by atoms with Crippen LogP contribution in [0, 0.1) is 6.92 Å². The van der Waals surface area contributed by atoms with Crippen LogP contribution in [0.25, 0.3) is 0 Å². The highest BCUT2D eigenvalue weighted by Crippen LogP contribution is 2.26. The number of carbonyl (C=O) groups is 1. The fraction of sp³-hybridized carbons (Fsp3) is 0.350. The molecule has 1 heterocycles. The SMILES string of the molecule is Cc1ccc(S(=O)(=O)NC[C@H]2OC[C@@](O)(CN(O)C(=O)c3ccccc3)[C@@H]2O)cc1. The molecule has 1 saturated heterocycles. The number of benzene rings is 2. The van der Waals surface area contributed by atoms with Gasteiger partial charge in [0.05, 0.1) is 18.0 Å². The molecule has 0 spiro atoms. The van der Waals surface area contributed by atoms with Crippen molar-refractivity contribution in [3.05, 3.63) is 65.7 Å². The van der Waals surface area contributed by atoms with Crippen LogP contribution >= 0.6 is 0 Å². The van der Waals surface area contributed by atoms with E-state index in [0.717, 1.165) is 5.56 Å². The second-order valence-corrected chi connectivity index (χ2v) is 9.06. The van der Waals surface area contributed by atoms with Gasteiger partial charge in [-0.3, -0.25) is 10.0 Å². The molecule has 0 unspecified atom stereocenters. The van der Waals surface area contributed by atoms with E-state index in [1.165, 1.54) is 24.3 Å². The van der Waals surface area contributed by atoms with Crippen LogP contribution in [0.15, 0.2) is 59.5 Å². The molecule has 0 saturated carbocycles. The molecule has 1 fully saturated rings. The van der Waals surface area contributed by atoms with Crippen LogP contribution in [-0.2, 0) is 14.8 Å². The van der Waals surface area contributed by atoms with Gasteiger partial charge in [0.15, 0.2) is 0 Å². The third-order valence-corrected chi connectivity index (χ3v) is 6.37. The number of aliphatic hydroxyl groups is 2. The molecule has 0 aliphatic carbocycles. The fourth-order valence-electron chi connectivity index (χ4n) is 3.14. The van der Waals surface area contributed by atoms with Crippen molar-refractivity contribution in [1.82, 2.24) is 9.79 Å². The summed E-state index contributed by atoms with van der Waals surface area (Å²) in [6.07, 6.45) is -2.59. The van der Waals surface area contributed by atoms with E-state index >= 15 is 0 Å². The topological polar surface area (TPSA) is 136 Å². The van der Waals surface area contributed by atoms with Crippen molar-refractivity contribution in [3.63, 3.8) is 0 Å². The van der Waals surface area contributed by atoms with Crippen molar-refractivity contribution >= 4 is 15.9 Å². The Labute approximate surface area is 174 Å². The molecular formula is C20H24N2O7S. The van der Waals surface area contributed by atoms with E-state index < -0.39 is 40.3 Å². The van der Waals surface area contributed by atoms with Gasteiger partial charge in [-0.2, -0.15) is 0 Å². The second kappa shape index (κ2) is 8.80. The summed E-state index contributed by atoms with van der Waals surface area (Å²) < 4.78 is 32.5. The van der Waals surface area contributed by atoms with Crippen LogP contribution in [0.2, 0.25) is 0 Å². The molecule has 0 aromatic heterocycles. The number of nitrogens with one attached hydrogen (secondary N) is 1. The molecule has 3 rings (SSSR count). The van der Waals surface area contributed by atoms with Gasteiger partial charge >= 0.3 is 0 Å².